The molecular weight excluding hydrogens is 142 g/mol. The molecule has 1 aliphatic carbocycles. The molecule has 2 atom stereocenters. The summed E-state index contributed by atoms with van der Waals surface area (Å²) in [6, 6.07) is 0. The fourth-order valence-corrected chi connectivity index (χ4v) is 1.11. The van der Waals surface area contributed by atoms with Crippen LogP contribution < -0.4 is 5.73 Å². The average molecular weight is 155 g/mol. The minimum atomic E-state index is -0.714. The van der Waals surface area contributed by atoms with E-state index in [-0.39, 0.29) is 6.54 Å². The molecule has 3 heteroatoms. The van der Waals surface area contributed by atoms with E-state index in [2.05, 4.69) is 0 Å². The maximum Gasteiger partial charge on any atom is 0.128 e. The van der Waals surface area contributed by atoms with Crippen molar-refractivity contribution in [1.29, 1.82) is 0 Å². The topological polar surface area (TPSA) is 55.5 Å². The first-order chi connectivity index (χ1) is 5.25. The van der Waals surface area contributed by atoms with Crippen molar-refractivity contribution in [2.75, 3.05) is 13.7 Å². The third kappa shape index (κ3) is 1.35. The van der Waals surface area contributed by atoms with E-state index in [0.29, 0.717) is 0 Å². The first-order valence-corrected chi connectivity index (χ1v) is 3.54. The van der Waals surface area contributed by atoms with Gasteiger partial charge in [0, 0.05) is 13.7 Å². The second-order valence-corrected chi connectivity index (χ2v) is 2.55. The number of hydrogen-bond donors (Lipinski definition) is 2. The maximum absolute atomic E-state index is 9.48. The van der Waals surface area contributed by atoms with Crippen LogP contribution in [-0.2, 0) is 4.74 Å². The normalized spacial score (nSPS) is 36.1. The molecule has 2 unspecified atom stereocenters. The molecule has 0 aromatic heterocycles. The van der Waals surface area contributed by atoms with Gasteiger partial charge in [0.05, 0.1) is 0 Å². The second kappa shape index (κ2) is 3.17. The average Bonchev–Trinajstić information content (AvgIpc) is 2.06. The lowest BCUT2D eigenvalue weighted by Crippen LogP contribution is -2.48. The number of nitrogens with two attached hydrogens (primary N) is 1. The predicted octanol–water partition coefficient (Wildman–Crippen LogP) is -0.183. The van der Waals surface area contributed by atoms with Crippen LogP contribution >= 0.6 is 0 Å². The van der Waals surface area contributed by atoms with E-state index in [0.717, 1.165) is 0 Å². The summed E-state index contributed by atoms with van der Waals surface area (Å²) in [5.74, 6) is 0. The molecule has 1 rings (SSSR count). The SMILES string of the molecule is COC1(CN)C=CC=CC1O. The highest BCUT2D eigenvalue weighted by Gasteiger charge is 2.33. The fourth-order valence-electron chi connectivity index (χ4n) is 1.11. The van der Waals surface area contributed by atoms with Crippen molar-refractivity contribution in [2.45, 2.75) is 11.7 Å². The predicted molar refractivity (Wildman–Crippen MR) is 43.1 cm³/mol. The third-order valence-corrected chi connectivity index (χ3v) is 1.98. The summed E-state index contributed by atoms with van der Waals surface area (Å²) in [7, 11) is 1.54. The van der Waals surface area contributed by atoms with E-state index in [9.17, 15) is 5.11 Å². The van der Waals surface area contributed by atoms with Gasteiger partial charge in [0.1, 0.15) is 11.7 Å². The summed E-state index contributed by atoms with van der Waals surface area (Å²) < 4.78 is 5.13. The van der Waals surface area contributed by atoms with E-state index >= 15 is 0 Å². The Morgan fingerprint density at radius 2 is 2.36 bits per heavy atom. The summed E-state index contributed by atoms with van der Waals surface area (Å²) >= 11 is 0. The molecule has 1 aliphatic rings. The number of aliphatic hydroxyl groups is 1. The summed E-state index contributed by atoms with van der Waals surface area (Å²) in [4.78, 5) is 0. The van der Waals surface area contributed by atoms with Crippen LogP contribution in [0.4, 0.5) is 0 Å². The number of allylic oxidation sites excluding steroid dienone is 2. The molecule has 0 bridgehead atoms. The van der Waals surface area contributed by atoms with Gasteiger partial charge >= 0.3 is 0 Å². The summed E-state index contributed by atoms with van der Waals surface area (Å²) in [6.45, 7) is 0.283. The van der Waals surface area contributed by atoms with E-state index in [1.807, 2.05) is 6.08 Å². The highest BCUT2D eigenvalue weighted by atomic mass is 16.5. The van der Waals surface area contributed by atoms with Crippen LogP contribution in [0.5, 0.6) is 0 Å². The van der Waals surface area contributed by atoms with Crippen molar-refractivity contribution >= 4 is 0 Å². The molecule has 3 nitrogen and oxygen atoms in total. The van der Waals surface area contributed by atoms with E-state index in [1.54, 1.807) is 25.3 Å². The van der Waals surface area contributed by atoms with Gasteiger partial charge in [-0.05, 0) is 6.08 Å². The minimum Gasteiger partial charge on any atom is -0.386 e. The van der Waals surface area contributed by atoms with Crippen molar-refractivity contribution in [3.8, 4) is 0 Å². The Hall–Kier alpha value is -0.640. The zero-order chi connectivity index (χ0) is 8.32. The smallest absolute Gasteiger partial charge is 0.128 e. The van der Waals surface area contributed by atoms with Crippen LogP contribution in [0.2, 0.25) is 0 Å². The lowest BCUT2D eigenvalue weighted by Gasteiger charge is -2.32. The summed E-state index contributed by atoms with van der Waals surface area (Å²) in [5, 5.41) is 9.48. The minimum absolute atomic E-state index is 0.283. The van der Waals surface area contributed by atoms with Crippen LogP contribution in [0.25, 0.3) is 0 Å². The number of hydrogen-bond acceptors (Lipinski definition) is 3. The van der Waals surface area contributed by atoms with Crippen LogP contribution in [0.15, 0.2) is 24.3 Å². The fraction of sp³-hybridized carbons (Fsp3) is 0.500. The molecule has 62 valence electrons. The first kappa shape index (κ1) is 8.46. The van der Waals surface area contributed by atoms with Gasteiger partial charge in [0.2, 0.25) is 0 Å². The Bertz CT molecular complexity index is 183. The second-order valence-electron chi connectivity index (χ2n) is 2.55. The van der Waals surface area contributed by atoms with Crippen LogP contribution in [0, 0.1) is 0 Å². The van der Waals surface area contributed by atoms with Crippen LogP contribution in [-0.4, -0.2) is 30.5 Å². The largest absolute Gasteiger partial charge is 0.386 e. The van der Waals surface area contributed by atoms with Crippen molar-refractivity contribution in [3.63, 3.8) is 0 Å². The molecule has 0 spiro atoms. The Morgan fingerprint density at radius 3 is 2.73 bits per heavy atom. The van der Waals surface area contributed by atoms with Gasteiger partial charge in [0.25, 0.3) is 0 Å². The van der Waals surface area contributed by atoms with Gasteiger partial charge in [-0.3, -0.25) is 0 Å². The van der Waals surface area contributed by atoms with Crippen molar-refractivity contribution in [2.24, 2.45) is 5.73 Å². The highest BCUT2D eigenvalue weighted by Crippen LogP contribution is 2.20. The van der Waals surface area contributed by atoms with Gasteiger partial charge in [-0.25, -0.2) is 0 Å². The molecule has 0 fully saturated rings. The Labute approximate surface area is 66.2 Å². The summed E-state index contributed by atoms with van der Waals surface area (Å²) in [6.07, 6.45) is 6.40. The Balaban J connectivity index is 2.82. The van der Waals surface area contributed by atoms with Gasteiger partial charge < -0.3 is 15.6 Å². The van der Waals surface area contributed by atoms with Gasteiger partial charge in [0.15, 0.2) is 0 Å². The molecule has 0 aliphatic heterocycles. The summed E-state index contributed by atoms with van der Waals surface area (Å²) in [5.41, 5.74) is 4.76. The molecular formula is C8H13NO2. The van der Waals surface area contributed by atoms with Crippen molar-refractivity contribution in [1.82, 2.24) is 0 Å². The molecule has 0 aromatic carbocycles. The van der Waals surface area contributed by atoms with Gasteiger partial charge in [-0.1, -0.05) is 18.2 Å². The van der Waals surface area contributed by atoms with Gasteiger partial charge in [-0.2, -0.15) is 0 Å². The van der Waals surface area contributed by atoms with E-state index in [4.69, 9.17) is 10.5 Å². The molecule has 11 heavy (non-hydrogen) atoms. The number of ether oxygens (including phenoxy) is 1. The quantitative estimate of drug-likeness (QED) is 0.581. The van der Waals surface area contributed by atoms with E-state index < -0.39 is 11.7 Å². The maximum atomic E-state index is 9.48. The Kier molecular flexibility index (Phi) is 2.44. The monoisotopic (exact) mass is 155 g/mol. The third-order valence-electron chi connectivity index (χ3n) is 1.98. The number of rotatable bonds is 2. The van der Waals surface area contributed by atoms with Crippen LogP contribution in [0.1, 0.15) is 0 Å². The lowest BCUT2D eigenvalue weighted by molar-refractivity contribution is -0.0423. The molecule has 0 radical (unpaired) electrons. The number of aliphatic hydroxyl groups excluding tert-OH is 1. The first-order valence-electron chi connectivity index (χ1n) is 3.54. The zero-order valence-electron chi connectivity index (χ0n) is 6.53. The molecule has 0 aromatic rings. The number of methoxy groups -OCH3 is 1. The van der Waals surface area contributed by atoms with Crippen molar-refractivity contribution < 1.29 is 9.84 Å². The molecule has 0 amide bonds. The highest BCUT2D eigenvalue weighted by molar-refractivity contribution is 5.23. The molecule has 0 heterocycles. The van der Waals surface area contributed by atoms with Crippen LogP contribution in [0.3, 0.4) is 0 Å². The van der Waals surface area contributed by atoms with Crippen molar-refractivity contribution in [3.05, 3.63) is 24.3 Å². The molecule has 0 saturated heterocycles. The lowest BCUT2D eigenvalue weighted by atomic mass is 9.92. The Morgan fingerprint density at radius 1 is 1.64 bits per heavy atom. The van der Waals surface area contributed by atoms with E-state index in [1.165, 1.54) is 0 Å². The standard InChI is InChI=1S/C8H13NO2/c1-11-8(6-9)5-3-2-4-7(8)10/h2-5,7,10H,6,9H2,1H3. The zero-order valence-corrected chi connectivity index (χ0v) is 6.53. The molecule has 3 N–H and O–H groups in total. The molecule has 0 saturated carbocycles. The van der Waals surface area contributed by atoms with Gasteiger partial charge in [-0.15, -0.1) is 0 Å².